The SMILES string of the molecule is CCCN(C(=O)c1ccc(C(=O)O)cc1)C1CCN(C(=O)c2ccccc2)CC1. The van der Waals surface area contributed by atoms with Crippen LogP contribution in [0.5, 0.6) is 0 Å². The fourth-order valence-corrected chi connectivity index (χ4v) is 3.76. The molecule has 1 aliphatic heterocycles. The molecule has 1 N–H and O–H groups in total. The molecular weight excluding hydrogens is 368 g/mol. The first-order chi connectivity index (χ1) is 14.0. The average Bonchev–Trinajstić information content (AvgIpc) is 2.77. The molecule has 0 unspecified atom stereocenters. The Hall–Kier alpha value is -3.15. The molecule has 6 nitrogen and oxygen atoms in total. The van der Waals surface area contributed by atoms with Gasteiger partial charge in [-0.15, -0.1) is 0 Å². The molecule has 0 bridgehead atoms. The third-order valence-corrected chi connectivity index (χ3v) is 5.32. The van der Waals surface area contributed by atoms with Crippen molar-refractivity contribution in [3.05, 3.63) is 71.3 Å². The summed E-state index contributed by atoms with van der Waals surface area (Å²) in [6.07, 6.45) is 2.30. The molecule has 0 spiro atoms. The first-order valence-electron chi connectivity index (χ1n) is 10.00. The Balaban J connectivity index is 1.66. The lowest BCUT2D eigenvalue weighted by Crippen LogP contribution is -2.49. The van der Waals surface area contributed by atoms with Crippen molar-refractivity contribution in [1.82, 2.24) is 9.80 Å². The van der Waals surface area contributed by atoms with Crippen LogP contribution in [0.1, 0.15) is 57.3 Å². The molecule has 0 aromatic heterocycles. The van der Waals surface area contributed by atoms with Crippen molar-refractivity contribution in [2.45, 2.75) is 32.2 Å². The normalized spacial score (nSPS) is 14.4. The third-order valence-electron chi connectivity index (χ3n) is 5.32. The summed E-state index contributed by atoms with van der Waals surface area (Å²) >= 11 is 0. The Morgan fingerprint density at radius 3 is 2.07 bits per heavy atom. The first-order valence-corrected chi connectivity index (χ1v) is 10.00. The maximum Gasteiger partial charge on any atom is 0.335 e. The Kier molecular flexibility index (Phi) is 6.65. The fraction of sp³-hybridized carbons (Fsp3) is 0.348. The van der Waals surface area contributed by atoms with E-state index in [4.69, 9.17) is 5.11 Å². The van der Waals surface area contributed by atoms with Crippen LogP contribution in [-0.4, -0.2) is 58.4 Å². The highest BCUT2D eigenvalue weighted by molar-refractivity contribution is 5.96. The summed E-state index contributed by atoms with van der Waals surface area (Å²) in [5.74, 6) is -1.07. The second-order valence-corrected chi connectivity index (χ2v) is 7.27. The first kappa shape index (κ1) is 20.6. The van der Waals surface area contributed by atoms with Gasteiger partial charge in [-0.2, -0.15) is 0 Å². The van der Waals surface area contributed by atoms with E-state index in [1.54, 1.807) is 12.1 Å². The highest BCUT2D eigenvalue weighted by Crippen LogP contribution is 2.21. The predicted octanol–water partition coefficient (Wildman–Crippen LogP) is 3.54. The van der Waals surface area contributed by atoms with Gasteiger partial charge in [0.15, 0.2) is 0 Å². The lowest BCUT2D eigenvalue weighted by atomic mass is 10.0. The maximum atomic E-state index is 13.1. The quantitative estimate of drug-likeness (QED) is 0.813. The zero-order chi connectivity index (χ0) is 20.8. The number of rotatable bonds is 6. The van der Waals surface area contributed by atoms with Crippen molar-refractivity contribution in [2.24, 2.45) is 0 Å². The van der Waals surface area contributed by atoms with Crippen molar-refractivity contribution in [2.75, 3.05) is 19.6 Å². The van der Waals surface area contributed by atoms with Gasteiger partial charge in [-0.3, -0.25) is 9.59 Å². The molecule has 0 radical (unpaired) electrons. The number of hydrogen-bond donors (Lipinski definition) is 1. The van der Waals surface area contributed by atoms with Gasteiger partial charge >= 0.3 is 5.97 Å². The Morgan fingerprint density at radius 2 is 1.52 bits per heavy atom. The van der Waals surface area contributed by atoms with Crippen LogP contribution in [-0.2, 0) is 0 Å². The molecule has 29 heavy (non-hydrogen) atoms. The molecule has 152 valence electrons. The van der Waals surface area contributed by atoms with Crippen LogP contribution in [0.4, 0.5) is 0 Å². The molecule has 6 heteroatoms. The van der Waals surface area contributed by atoms with Crippen molar-refractivity contribution < 1.29 is 19.5 Å². The molecule has 3 rings (SSSR count). The Morgan fingerprint density at radius 1 is 0.931 bits per heavy atom. The molecule has 0 aliphatic carbocycles. The topological polar surface area (TPSA) is 77.9 Å². The van der Waals surface area contributed by atoms with Crippen molar-refractivity contribution in [3.63, 3.8) is 0 Å². The number of carboxylic acid groups (broad SMARTS) is 1. The fourth-order valence-electron chi connectivity index (χ4n) is 3.76. The maximum absolute atomic E-state index is 13.1. The van der Waals surface area contributed by atoms with E-state index >= 15 is 0 Å². The number of carbonyl (C=O) groups is 3. The molecule has 2 aromatic rings. The van der Waals surface area contributed by atoms with Gasteiger partial charge in [0, 0.05) is 36.8 Å². The summed E-state index contributed by atoms with van der Waals surface area (Å²) in [7, 11) is 0. The van der Waals surface area contributed by atoms with Gasteiger partial charge in [-0.25, -0.2) is 4.79 Å². The summed E-state index contributed by atoms with van der Waals surface area (Å²) in [5.41, 5.74) is 1.34. The van der Waals surface area contributed by atoms with Gasteiger partial charge in [-0.05, 0) is 55.7 Å². The van der Waals surface area contributed by atoms with Crippen molar-refractivity contribution in [3.8, 4) is 0 Å². The van der Waals surface area contributed by atoms with Gasteiger partial charge < -0.3 is 14.9 Å². The second kappa shape index (κ2) is 9.37. The Labute approximate surface area is 170 Å². The summed E-state index contributed by atoms with van der Waals surface area (Å²) in [5, 5.41) is 9.04. The van der Waals surface area contributed by atoms with Gasteiger partial charge in [0.1, 0.15) is 0 Å². The average molecular weight is 394 g/mol. The molecule has 1 saturated heterocycles. The van der Waals surface area contributed by atoms with Crippen LogP contribution in [0.3, 0.4) is 0 Å². The van der Waals surface area contributed by atoms with E-state index in [2.05, 4.69) is 0 Å². The van der Waals surface area contributed by atoms with Crippen molar-refractivity contribution in [1.29, 1.82) is 0 Å². The smallest absolute Gasteiger partial charge is 0.335 e. The minimum absolute atomic E-state index is 0.0293. The van der Waals surface area contributed by atoms with Gasteiger partial charge in [-0.1, -0.05) is 25.1 Å². The number of likely N-dealkylation sites (tertiary alicyclic amines) is 1. The van der Waals surface area contributed by atoms with Crippen LogP contribution < -0.4 is 0 Å². The van der Waals surface area contributed by atoms with Crippen molar-refractivity contribution >= 4 is 17.8 Å². The van der Waals surface area contributed by atoms with E-state index in [1.165, 1.54) is 12.1 Å². The lowest BCUT2D eigenvalue weighted by Gasteiger charge is -2.38. The molecule has 0 saturated carbocycles. The van der Waals surface area contributed by atoms with Gasteiger partial charge in [0.05, 0.1) is 5.56 Å². The second-order valence-electron chi connectivity index (χ2n) is 7.27. The molecule has 1 heterocycles. The highest BCUT2D eigenvalue weighted by Gasteiger charge is 2.30. The zero-order valence-electron chi connectivity index (χ0n) is 16.6. The molecular formula is C23H26N2O4. The minimum atomic E-state index is -1.01. The van der Waals surface area contributed by atoms with E-state index in [0.717, 1.165) is 19.3 Å². The van der Waals surface area contributed by atoms with Gasteiger partial charge in [0.25, 0.3) is 11.8 Å². The largest absolute Gasteiger partial charge is 0.478 e. The number of carbonyl (C=O) groups excluding carboxylic acids is 2. The lowest BCUT2D eigenvalue weighted by molar-refractivity contribution is 0.0518. The highest BCUT2D eigenvalue weighted by atomic mass is 16.4. The Bertz CT molecular complexity index is 856. The number of hydrogen-bond acceptors (Lipinski definition) is 3. The van der Waals surface area contributed by atoms with Crippen LogP contribution in [0, 0.1) is 0 Å². The van der Waals surface area contributed by atoms with Crippen LogP contribution >= 0.6 is 0 Å². The van der Waals surface area contributed by atoms with E-state index in [0.29, 0.717) is 30.8 Å². The van der Waals surface area contributed by atoms with E-state index in [-0.39, 0.29) is 23.4 Å². The monoisotopic (exact) mass is 394 g/mol. The number of benzene rings is 2. The molecule has 0 atom stereocenters. The number of piperidine rings is 1. The molecule has 1 aliphatic rings. The predicted molar refractivity (Wildman–Crippen MR) is 110 cm³/mol. The molecule has 1 fully saturated rings. The van der Waals surface area contributed by atoms with Crippen LogP contribution in [0.15, 0.2) is 54.6 Å². The van der Waals surface area contributed by atoms with E-state index < -0.39 is 5.97 Å². The number of amides is 2. The minimum Gasteiger partial charge on any atom is -0.478 e. The summed E-state index contributed by atoms with van der Waals surface area (Å²) in [6, 6.07) is 15.4. The van der Waals surface area contributed by atoms with Crippen LogP contribution in [0.2, 0.25) is 0 Å². The zero-order valence-corrected chi connectivity index (χ0v) is 16.6. The number of carboxylic acids is 1. The standard InChI is InChI=1S/C23H26N2O4/c1-2-14-25(22(27)18-8-10-19(11-9-18)23(28)29)20-12-15-24(16-13-20)21(26)17-6-4-3-5-7-17/h3-11,20H,2,12-16H2,1H3,(H,28,29). The van der Waals surface area contributed by atoms with Gasteiger partial charge in [0.2, 0.25) is 0 Å². The summed E-state index contributed by atoms with van der Waals surface area (Å²) < 4.78 is 0. The molecule has 2 aromatic carbocycles. The summed E-state index contributed by atoms with van der Waals surface area (Å²) in [4.78, 5) is 40.4. The number of aromatic carboxylic acids is 1. The summed E-state index contributed by atoms with van der Waals surface area (Å²) in [6.45, 7) is 3.90. The van der Waals surface area contributed by atoms with E-state index in [1.807, 2.05) is 47.1 Å². The molecule has 2 amide bonds. The third kappa shape index (κ3) is 4.83. The van der Waals surface area contributed by atoms with E-state index in [9.17, 15) is 14.4 Å². The number of nitrogens with zero attached hydrogens (tertiary/aromatic N) is 2. The van der Waals surface area contributed by atoms with Crippen LogP contribution in [0.25, 0.3) is 0 Å².